The van der Waals surface area contributed by atoms with E-state index in [0.717, 1.165) is 55.9 Å². The molecular weight excluding hydrogens is 430 g/mol. The number of carbonyl (C=O) groups is 1. The Balaban J connectivity index is 1.15. The second-order valence-corrected chi connectivity index (χ2v) is 8.92. The van der Waals surface area contributed by atoms with Crippen molar-refractivity contribution >= 4 is 11.7 Å². The summed E-state index contributed by atoms with van der Waals surface area (Å²) >= 11 is 0. The molecule has 176 valence electrons. The highest BCUT2D eigenvalue weighted by molar-refractivity contribution is 5.92. The molecule has 5 rings (SSSR count). The molecule has 0 spiro atoms. The third kappa shape index (κ3) is 4.81. The summed E-state index contributed by atoms with van der Waals surface area (Å²) in [7, 11) is 1.59. The lowest BCUT2D eigenvalue weighted by Gasteiger charge is -2.33. The number of rotatable bonds is 6. The molecule has 0 radical (unpaired) electrons. The lowest BCUT2D eigenvalue weighted by molar-refractivity contribution is 0.0932. The zero-order valence-electron chi connectivity index (χ0n) is 19.5. The molecule has 2 aromatic heterocycles. The average molecular weight is 460 g/mol. The van der Waals surface area contributed by atoms with Gasteiger partial charge in [0.05, 0.1) is 13.3 Å². The van der Waals surface area contributed by atoms with Crippen molar-refractivity contribution in [3.8, 4) is 11.6 Å². The lowest BCUT2D eigenvalue weighted by atomic mass is 10.1. The van der Waals surface area contributed by atoms with Crippen molar-refractivity contribution in [3.63, 3.8) is 0 Å². The van der Waals surface area contributed by atoms with Crippen molar-refractivity contribution in [3.05, 3.63) is 71.0 Å². The van der Waals surface area contributed by atoms with Crippen molar-refractivity contribution in [1.82, 2.24) is 20.5 Å². The Bertz CT molecular complexity index is 1130. The van der Waals surface area contributed by atoms with Gasteiger partial charge >= 0.3 is 0 Å². The molecule has 3 heterocycles. The van der Waals surface area contributed by atoms with Crippen LogP contribution in [-0.4, -0.2) is 53.4 Å². The van der Waals surface area contributed by atoms with E-state index in [0.29, 0.717) is 11.6 Å². The first-order chi connectivity index (χ1) is 16.6. The van der Waals surface area contributed by atoms with Crippen LogP contribution in [-0.2, 0) is 12.8 Å². The van der Waals surface area contributed by atoms with Gasteiger partial charge in [0, 0.05) is 38.0 Å². The summed E-state index contributed by atoms with van der Waals surface area (Å²) in [5.41, 5.74) is 3.93. The van der Waals surface area contributed by atoms with Crippen LogP contribution in [0.15, 0.2) is 48.7 Å². The zero-order valence-corrected chi connectivity index (χ0v) is 19.5. The third-order valence-electron chi connectivity index (χ3n) is 6.54. The Morgan fingerprint density at radius 2 is 1.79 bits per heavy atom. The van der Waals surface area contributed by atoms with E-state index in [9.17, 15) is 4.79 Å². The summed E-state index contributed by atoms with van der Waals surface area (Å²) < 4.78 is 11.2. The topological polar surface area (TPSA) is 89.5 Å². The second-order valence-electron chi connectivity index (χ2n) is 8.92. The van der Waals surface area contributed by atoms with Gasteiger partial charge in [0.2, 0.25) is 5.88 Å². The molecule has 1 amide bonds. The number of anilines is 1. The number of aromatic nitrogens is 3. The SMILES string of the molecule is COc1ccc(OC2CCN(c3nnc(C(=O)NC4Cc5ccccc5C4)cc3C)CC2)cn1. The monoisotopic (exact) mass is 459 g/mol. The van der Waals surface area contributed by atoms with Gasteiger partial charge in [0.25, 0.3) is 5.91 Å². The molecular formula is C26H29N5O3. The van der Waals surface area contributed by atoms with Gasteiger partial charge in [-0.3, -0.25) is 4.79 Å². The highest BCUT2D eigenvalue weighted by atomic mass is 16.5. The lowest BCUT2D eigenvalue weighted by Crippen LogP contribution is -2.39. The number of fused-ring (bicyclic) bond motifs is 1. The molecule has 1 saturated heterocycles. The predicted molar refractivity (Wildman–Crippen MR) is 129 cm³/mol. The van der Waals surface area contributed by atoms with E-state index in [4.69, 9.17) is 9.47 Å². The predicted octanol–water partition coefficient (Wildman–Crippen LogP) is 3.13. The minimum Gasteiger partial charge on any atom is -0.489 e. The van der Waals surface area contributed by atoms with Gasteiger partial charge in [-0.2, -0.15) is 0 Å². The van der Waals surface area contributed by atoms with Crippen molar-refractivity contribution in [2.24, 2.45) is 0 Å². The number of piperidine rings is 1. The summed E-state index contributed by atoms with van der Waals surface area (Å²) in [6, 6.07) is 14.0. The maximum absolute atomic E-state index is 12.8. The van der Waals surface area contributed by atoms with E-state index in [1.165, 1.54) is 11.1 Å². The molecule has 1 aliphatic heterocycles. The molecule has 0 saturated carbocycles. The van der Waals surface area contributed by atoms with Crippen LogP contribution in [0.2, 0.25) is 0 Å². The van der Waals surface area contributed by atoms with Crippen LogP contribution in [0.3, 0.4) is 0 Å². The van der Waals surface area contributed by atoms with Gasteiger partial charge in [-0.25, -0.2) is 4.98 Å². The number of nitrogens with one attached hydrogen (secondary N) is 1. The standard InChI is InChI=1S/C26H29N5O3/c1-17-13-23(26(32)28-20-14-18-5-3-4-6-19(18)15-20)29-30-25(17)31-11-9-21(10-12-31)34-22-7-8-24(33-2)27-16-22/h3-8,13,16,20-21H,9-12,14-15H2,1-2H3,(H,28,32). The summed E-state index contributed by atoms with van der Waals surface area (Å²) in [6.45, 7) is 3.61. The van der Waals surface area contributed by atoms with Crippen LogP contribution >= 0.6 is 0 Å². The van der Waals surface area contributed by atoms with Crippen molar-refractivity contribution in [2.75, 3.05) is 25.1 Å². The van der Waals surface area contributed by atoms with Gasteiger partial charge in [0.15, 0.2) is 11.5 Å². The Kier molecular flexibility index (Phi) is 6.29. The molecule has 0 atom stereocenters. The van der Waals surface area contributed by atoms with Crippen LogP contribution < -0.4 is 19.7 Å². The molecule has 0 unspecified atom stereocenters. The second kappa shape index (κ2) is 9.67. The third-order valence-corrected chi connectivity index (χ3v) is 6.54. The minimum atomic E-state index is -0.167. The number of hydrogen-bond acceptors (Lipinski definition) is 7. The number of benzene rings is 1. The van der Waals surface area contributed by atoms with Crippen LogP contribution in [0.1, 0.15) is 40.0 Å². The highest BCUT2D eigenvalue weighted by Crippen LogP contribution is 2.25. The fraction of sp³-hybridized carbons (Fsp3) is 0.385. The van der Waals surface area contributed by atoms with Crippen molar-refractivity contribution in [1.29, 1.82) is 0 Å². The number of nitrogens with zero attached hydrogens (tertiary/aromatic N) is 4. The van der Waals surface area contributed by atoms with E-state index >= 15 is 0 Å². The maximum atomic E-state index is 12.8. The first kappa shape index (κ1) is 22.1. The molecule has 0 bridgehead atoms. The number of amides is 1. The van der Waals surface area contributed by atoms with E-state index in [-0.39, 0.29) is 18.1 Å². The highest BCUT2D eigenvalue weighted by Gasteiger charge is 2.26. The van der Waals surface area contributed by atoms with Crippen LogP contribution in [0.4, 0.5) is 5.82 Å². The number of hydrogen-bond donors (Lipinski definition) is 1. The van der Waals surface area contributed by atoms with Crippen molar-refractivity contribution in [2.45, 2.75) is 44.8 Å². The number of carbonyl (C=O) groups excluding carboxylic acids is 1. The van der Waals surface area contributed by atoms with Crippen molar-refractivity contribution < 1.29 is 14.3 Å². The largest absolute Gasteiger partial charge is 0.489 e. The zero-order chi connectivity index (χ0) is 23.5. The number of methoxy groups -OCH3 is 1. The Labute approximate surface area is 199 Å². The molecule has 1 fully saturated rings. The molecule has 1 aromatic carbocycles. The van der Waals surface area contributed by atoms with Gasteiger partial charge in [0.1, 0.15) is 11.9 Å². The van der Waals surface area contributed by atoms with E-state index in [2.05, 4.69) is 37.5 Å². The minimum absolute atomic E-state index is 0.103. The summed E-state index contributed by atoms with van der Waals surface area (Å²) in [5.74, 6) is 1.98. The molecule has 3 aromatic rings. The fourth-order valence-electron chi connectivity index (χ4n) is 4.76. The Hall–Kier alpha value is -3.68. The molecule has 8 heteroatoms. The van der Waals surface area contributed by atoms with Gasteiger partial charge in [-0.1, -0.05) is 24.3 Å². The summed E-state index contributed by atoms with van der Waals surface area (Å²) in [5, 5.41) is 11.8. The van der Waals surface area contributed by atoms with E-state index < -0.39 is 0 Å². The number of pyridine rings is 1. The number of ether oxygens (including phenoxy) is 2. The van der Waals surface area contributed by atoms with Crippen LogP contribution in [0.25, 0.3) is 0 Å². The normalized spacial score (nSPS) is 16.2. The molecule has 8 nitrogen and oxygen atoms in total. The first-order valence-electron chi connectivity index (χ1n) is 11.7. The van der Waals surface area contributed by atoms with Gasteiger partial charge < -0.3 is 19.7 Å². The summed E-state index contributed by atoms with van der Waals surface area (Å²) in [4.78, 5) is 19.2. The number of aryl methyl sites for hydroxylation is 1. The quantitative estimate of drug-likeness (QED) is 0.606. The molecule has 1 aliphatic carbocycles. The van der Waals surface area contributed by atoms with Crippen LogP contribution in [0, 0.1) is 6.92 Å². The average Bonchev–Trinajstić information content (AvgIpc) is 3.27. The van der Waals surface area contributed by atoms with E-state index in [1.54, 1.807) is 19.4 Å². The van der Waals surface area contributed by atoms with Crippen LogP contribution in [0.5, 0.6) is 11.6 Å². The van der Waals surface area contributed by atoms with E-state index in [1.807, 2.05) is 31.2 Å². The molecule has 34 heavy (non-hydrogen) atoms. The Morgan fingerprint density at radius 1 is 1.06 bits per heavy atom. The summed E-state index contributed by atoms with van der Waals surface area (Å²) in [6.07, 6.45) is 5.27. The maximum Gasteiger partial charge on any atom is 0.272 e. The molecule has 1 N–H and O–H groups in total. The van der Waals surface area contributed by atoms with Gasteiger partial charge in [-0.05, 0) is 48.6 Å². The Morgan fingerprint density at radius 3 is 2.41 bits per heavy atom. The fourth-order valence-corrected chi connectivity index (χ4v) is 4.76. The first-order valence-corrected chi connectivity index (χ1v) is 11.7. The van der Waals surface area contributed by atoms with Gasteiger partial charge in [-0.15, -0.1) is 10.2 Å². The molecule has 2 aliphatic rings. The smallest absolute Gasteiger partial charge is 0.272 e.